The maximum absolute atomic E-state index is 11.0. The summed E-state index contributed by atoms with van der Waals surface area (Å²) < 4.78 is 27.2. The van der Waals surface area contributed by atoms with Crippen molar-refractivity contribution < 1.29 is 12.8 Å². The third kappa shape index (κ3) is 4.15. The van der Waals surface area contributed by atoms with E-state index in [1.807, 2.05) is 0 Å². The molecule has 1 heterocycles. The van der Waals surface area contributed by atoms with Crippen LogP contribution in [0.15, 0.2) is 4.42 Å². The molecule has 0 fully saturated rings. The predicted molar refractivity (Wildman–Crippen MR) is 60.0 cm³/mol. The zero-order chi connectivity index (χ0) is 12.2. The van der Waals surface area contributed by atoms with Crippen LogP contribution in [0.2, 0.25) is 0 Å². The molecule has 16 heavy (non-hydrogen) atoms. The molecule has 92 valence electrons. The third-order valence-corrected chi connectivity index (χ3v) is 2.86. The van der Waals surface area contributed by atoms with Gasteiger partial charge in [0.25, 0.3) is 0 Å². The van der Waals surface area contributed by atoms with Crippen molar-refractivity contribution in [3.05, 3.63) is 5.89 Å². The van der Waals surface area contributed by atoms with Crippen molar-refractivity contribution in [2.45, 2.75) is 6.42 Å². The van der Waals surface area contributed by atoms with Crippen molar-refractivity contribution in [2.75, 3.05) is 37.0 Å². The summed E-state index contributed by atoms with van der Waals surface area (Å²) in [5.41, 5.74) is 5.34. The molecule has 0 aliphatic carbocycles. The average Bonchev–Trinajstić information content (AvgIpc) is 2.62. The minimum absolute atomic E-state index is 0.0537. The fourth-order valence-electron chi connectivity index (χ4n) is 1.02. The Balaban J connectivity index is 2.55. The molecule has 1 aromatic rings. The number of rotatable bonds is 6. The second-order valence-electron chi connectivity index (χ2n) is 3.57. The Morgan fingerprint density at radius 2 is 2.12 bits per heavy atom. The van der Waals surface area contributed by atoms with E-state index >= 15 is 0 Å². The maximum atomic E-state index is 11.0. The van der Waals surface area contributed by atoms with E-state index in [4.69, 9.17) is 10.2 Å². The van der Waals surface area contributed by atoms with Gasteiger partial charge in [0, 0.05) is 32.8 Å². The number of aromatic nitrogens is 2. The van der Waals surface area contributed by atoms with Crippen LogP contribution in [0.25, 0.3) is 0 Å². The number of nitrogens with zero attached hydrogens (tertiary/aromatic N) is 3. The van der Waals surface area contributed by atoms with Gasteiger partial charge in [-0.05, 0) is 0 Å². The second kappa shape index (κ2) is 5.26. The number of hydrogen-bond donors (Lipinski definition) is 1. The van der Waals surface area contributed by atoms with E-state index in [2.05, 4.69) is 10.2 Å². The first-order valence-corrected chi connectivity index (χ1v) is 6.90. The van der Waals surface area contributed by atoms with E-state index in [1.54, 1.807) is 11.9 Å². The predicted octanol–water partition coefficient (Wildman–Crippen LogP) is -0.948. The minimum Gasteiger partial charge on any atom is -0.408 e. The maximum Gasteiger partial charge on any atom is 0.317 e. The molecule has 0 bridgehead atoms. The van der Waals surface area contributed by atoms with Crippen molar-refractivity contribution >= 4 is 15.9 Å². The fourth-order valence-corrected chi connectivity index (χ4v) is 1.63. The van der Waals surface area contributed by atoms with Gasteiger partial charge in [-0.1, -0.05) is 5.10 Å². The van der Waals surface area contributed by atoms with Crippen molar-refractivity contribution in [1.82, 2.24) is 10.2 Å². The lowest BCUT2D eigenvalue weighted by Crippen LogP contribution is -2.25. The summed E-state index contributed by atoms with van der Waals surface area (Å²) in [7, 11) is -1.28. The molecule has 0 saturated heterocycles. The van der Waals surface area contributed by atoms with E-state index in [1.165, 1.54) is 6.26 Å². The van der Waals surface area contributed by atoms with Crippen LogP contribution in [-0.4, -0.2) is 50.8 Å². The van der Waals surface area contributed by atoms with Gasteiger partial charge in [-0.25, -0.2) is 8.42 Å². The van der Waals surface area contributed by atoms with Gasteiger partial charge < -0.3 is 15.1 Å². The Kier molecular flexibility index (Phi) is 4.25. The van der Waals surface area contributed by atoms with Crippen LogP contribution in [0.3, 0.4) is 0 Å². The molecule has 0 atom stereocenters. The summed E-state index contributed by atoms with van der Waals surface area (Å²) in [4.78, 5) is 1.61. The highest BCUT2D eigenvalue weighted by molar-refractivity contribution is 7.90. The van der Waals surface area contributed by atoms with Gasteiger partial charge in [0.15, 0.2) is 0 Å². The van der Waals surface area contributed by atoms with E-state index in [-0.39, 0.29) is 5.75 Å². The van der Waals surface area contributed by atoms with Crippen molar-refractivity contribution in [2.24, 2.45) is 5.73 Å². The summed E-state index contributed by atoms with van der Waals surface area (Å²) in [6, 6.07) is 0.312. The van der Waals surface area contributed by atoms with E-state index in [0.717, 1.165) is 0 Å². The molecule has 0 spiro atoms. The zero-order valence-corrected chi connectivity index (χ0v) is 10.2. The lowest BCUT2D eigenvalue weighted by atomic mass is 10.4. The number of anilines is 1. The quantitative estimate of drug-likeness (QED) is 0.692. The lowest BCUT2D eigenvalue weighted by Gasteiger charge is -2.12. The zero-order valence-electron chi connectivity index (χ0n) is 9.38. The van der Waals surface area contributed by atoms with Gasteiger partial charge in [0.05, 0.1) is 5.75 Å². The monoisotopic (exact) mass is 248 g/mol. The molecule has 0 unspecified atom stereocenters. The van der Waals surface area contributed by atoms with Gasteiger partial charge in [-0.15, -0.1) is 5.10 Å². The van der Waals surface area contributed by atoms with Gasteiger partial charge in [0.2, 0.25) is 5.89 Å². The van der Waals surface area contributed by atoms with Crippen molar-refractivity contribution in [3.63, 3.8) is 0 Å². The topological polar surface area (TPSA) is 102 Å². The number of sulfone groups is 1. The molecular weight excluding hydrogens is 232 g/mol. The first-order valence-electron chi connectivity index (χ1n) is 4.83. The summed E-state index contributed by atoms with van der Waals surface area (Å²) in [5, 5.41) is 7.58. The van der Waals surface area contributed by atoms with Crippen LogP contribution in [-0.2, 0) is 16.3 Å². The number of nitrogens with two attached hydrogens (primary N) is 1. The molecule has 0 aliphatic rings. The standard InChI is InChI=1S/C8H16N4O3S/c1-12(5-6-16(2,13)14)8-11-10-7(15-8)3-4-9/h3-6,9H2,1-2H3. The molecule has 1 rings (SSSR count). The van der Waals surface area contributed by atoms with Crippen LogP contribution < -0.4 is 10.6 Å². The molecule has 8 heteroatoms. The first-order chi connectivity index (χ1) is 7.42. The largest absolute Gasteiger partial charge is 0.408 e. The highest BCUT2D eigenvalue weighted by Crippen LogP contribution is 2.10. The molecule has 0 saturated carbocycles. The molecule has 0 aromatic carbocycles. The Morgan fingerprint density at radius 1 is 1.44 bits per heavy atom. The SMILES string of the molecule is CN(CCS(C)(=O)=O)c1nnc(CCN)o1. The van der Waals surface area contributed by atoms with Crippen LogP contribution in [0.4, 0.5) is 6.01 Å². The summed E-state index contributed by atoms with van der Waals surface area (Å²) in [6.45, 7) is 0.762. The summed E-state index contributed by atoms with van der Waals surface area (Å²) >= 11 is 0. The second-order valence-corrected chi connectivity index (χ2v) is 5.83. The van der Waals surface area contributed by atoms with Crippen LogP contribution >= 0.6 is 0 Å². The summed E-state index contributed by atoms with van der Waals surface area (Å²) in [5.74, 6) is 0.515. The van der Waals surface area contributed by atoms with Crippen molar-refractivity contribution in [1.29, 1.82) is 0 Å². The molecule has 7 nitrogen and oxygen atoms in total. The smallest absolute Gasteiger partial charge is 0.317 e. The van der Waals surface area contributed by atoms with Crippen LogP contribution in [0.1, 0.15) is 5.89 Å². The minimum atomic E-state index is -2.98. The van der Waals surface area contributed by atoms with Gasteiger partial charge in [0.1, 0.15) is 9.84 Å². The molecule has 2 N–H and O–H groups in total. The normalized spacial score (nSPS) is 11.7. The molecule has 0 aliphatic heterocycles. The van der Waals surface area contributed by atoms with Crippen LogP contribution in [0.5, 0.6) is 0 Å². The average molecular weight is 248 g/mol. The molecule has 0 amide bonds. The molecule has 0 radical (unpaired) electrons. The lowest BCUT2D eigenvalue weighted by molar-refractivity contribution is 0.492. The molecule has 1 aromatic heterocycles. The fraction of sp³-hybridized carbons (Fsp3) is 0.750. The summed E-state index contributed by atoms with van der Waals surface area (Å²) in [6.07, 6.45) is 1.71. The van der Waals surface area contributed by atoms with Crippen molar-refractivity contribution in [3.8, 4) is 0 Å². The Morgan fingerprint density at radius 3 is 2.69 bits per heavy atom. The number of hydrogen-bond acceptors (Lipinski definition) is 7. The Labute approximate surface area is 94.5 Å². The highest BCUT2D eigenvalue weighted by Gasteiger charge is 2.12. The van der Waals surface area contributed by atoms with Gasteiger partial charge in [-0.2, -0.15) is 0 Å². The Bertz CT molecular complexity index is 428. The molecular formula is C8H16N4O3S. The van der Waals surface area contributed by atoms with E-state index < -0.39 is 9.84 Å². The Hall–Kier alpha value is -1.15. The van der Waals surface area contributed by atoms with Gasteiger partial charge >= 0.3 is 6.01 Å². The third-order valence-electron chi connectivity index (χ3n) is 1.94. The first kappa shape index (κ1) is 12.9. The van der Waals surface area contributed by atoms with Crippen LogP contribution in [0, 0.1) is 0 Å². The van der Waals surface area contributed by atoms with Gasteiger partial charge in [-0.3, -0.25) is 0 Å². The van der Waals surface area contributed by atoms with E-state index in [9.17, 15) is 8.42 Å². The highest BCUT2D eigenvalue weighted by atomic mass is 32.2. The van der Waals surface area contributed by atoms with E-state index in [0.29, 0.717) is 31.4 Å².